The number of nitrogens with one attached hydrogen (secondary N) is 3. The first kappa shape index (κ1) is 28.2. The smallest absolute Gasteiger partial charge is 0.407 e. The van der Waals surface area contributed by atoms with Crippen molar-refractivity contribution in [3.05, 3.63) is 0 Å². The van der Waals surface area contributed by atoms with E-state index in [4.69, 9.17) is 9.47 Å². The van der Waals surface area contributed by atoms with Crippen LogP contribution in [-0.2, 0) is 9.47 Å². The van der Waals surface area contributed by atoms with Crippen LogP contribution in [0.4, 0.5) is 4.79 Å². The van der Waals surface area contributed by atoms with Crippen LogP contribution >= 0.6 is 24.0 Å². The molecular weight excluding hydrogens is 483 g/mol. The van der Waals surface area contributed by atoms with Crippen molar-refractivity contribution >= 4 is 36.0 Å². The predicted octanol–water partition coefficient (Wildman–Crippen LogP) is 3.77. The van der Waals surface area contributed by atoms with Gasteiger partial charge in [-0.15, -0.1) is 24.0 Å². The molecule has 1 aliphatic heterocycles. The Balaban J connectivity index is 0.00000784. The number of alkyl carbamates (subject to hydrolysis) is 1. The number of hydrogen-bond donors (Lipinski definition) is 3. The van der Waals surface area contributed by atoms with Gasteiger partial charge in [-0.3, -0.25) is 4.99 Å². The lowest BCUT2D eigenvalue weighted by Gasteiger charge is -2.40. The molecule has 1 rings (SSSR count). The summed E-state index contributed by atoms with van der Waals surface area (Å²) in [5, 5.41) is 9.72. The maximum absolute atomic E-state index is 11.8. The molecule has 0 aromatic carbocycles. The van der Waals surface area contributed by atoms with Crippen LogP contribution in [0.2, 0.25) is 0 Å². The summed E-state index contributed by atoms with van der Waals surface area (Å²) in [6.07, 6.45) is 3.00. The first-order valence-electron chi connectivity index (χ1n) is 10.7. The van der Waals surface area contributed by atoms with Gasteiger partial charge in [0.1, 0.15) is 0 Å². The lowest BCUT2D eigenvalue weighted by Crippen LogP contribution is -2.50. The van der Waals surface area contributed by atoms with Gasteiger partial charge in [-0.05, 0) is 37.5 Å². The van der Waals surface area contributed by atoms with Gasteiger partial charge < -0.3 is 25.4 Å². The Morgan fingerprint density at radius 2 is 1.97 bits per heavy atom. The van der Waals surface area contributed by atoms with Gasteiger partial charge in [-0.2, -0.15) is 0 Å². The zero-order chi connectivity index (χ0) is 21.2. The van der Waals surface area contributed by atoms with Crippen molar-refractivity contribution in [3.63, 3.8) is 0 Å². The highest BCUT2D eigenvalue weighted by atomic mass is 127. The van der Waals surface area contributed by atoms with Gasteiger partial charge in [0.05, 0.1) is 12.7 Å². The van der Waals surface area contributed by atoms with E-state index in [9.17, 15) is 4.79 Å². The van der Waals surface area contributed by atoms with Gasteiger partial charge in [-0.25, -0.2) is 4.79 Å². The molecule has 0 bridgehead atoms. The molecule has 1 aliphatic rings. The van der Waals surface area contributed by atoms with E-state index < -0.39 is 0 Å². The summed E-state index contributed by atoms with van der Waals surface area (Å²) in [6.45, 7) is 15.4. The average Bonchev–Trinajstić information content (AvgIpc) is 2.61. The van der Waals surface area contributed by atoms with Crippen molar-refractivity contribution in [2.75, 3.05) is 33.4 Å². The summed E-state index contributed by atoms with van der Waals surface area (Å²) < 4.78 is 11.1. The SMILES string of the molecule is CCOC(=O)NC(CNC(=NC)NCC1CCCOC1C(C)(C)C)CC(C)C.I. The minimum Gasteiger partial charge on any atom is -0.450 e. The van der Waals surface area contributed by atoms with E-state index in [0.29, 0.717) is 25.0 Å². The average molecular weight is 527 g/mol. The Hall–Kier alpha value is -0.770. The minimum absolute atomic E-state index is 0. The Labute approximate surface area is 194 Å². The van der Waals surface area contributed by atoms with Crippen LogP contribution < -0.4 is 16.0 Å². The summed E-state index contributed by atoms with van der Waals surface area (Å²) in [5.74, 6) is 1.67. The van der Waals surface area contributed by atoms with E-state index >= 15 is 0 Å². The zero-order valence-electron chi connectivity index (χ0n) is 19.3. The zero-order valence-corrected chi connectivity index (χ0v) is 21.7. The normalized spacial score (nSPS) is 21.2. The molecule has 29 heavy (non-hydrogen) atoms. The van der Waals surface area contributed by atoms with Crippen LogP contribution in [0.1, 0.15) is 60.8 Å². The molecule has 3 atom stereocenters. The molecular formula is C21H43IN4O3. The molecule has 0 aliphatic carbocycles. The highest BCUT2D eigenvalue weighted by Crippen LogP contribution is 2.33. The number of amides is 1. The van der Waals surface area contributed by atoms with Gasteiger partial charge >= 0.3 is 6.09 Å². The molecule has 0 saturated carbocycles. The molecule has 0 aromatic heterocycles. The Morgan fingerprint density at radius 1 is 1.28 bits per heavy atom. The van der Waals surface area contributed by atoms with Gasteiger partial charge in [0.15, 0.2) is 5.96 Å². The second-order valence-corrected chi connectivity index (χ2v) is 9.09. The van der Waals surface area contributed by atoms with E-state index in [1.165, 1.54) is 0 Å². The van der Waals surface area contributed by atoms with Crippen molar-refractivity contribution in [1.29, 1.82) is 0 Å². The summed E-state index contributed by atoms with van der Waals surface area (Å²) >= 11 is 0. The van der Waals surface area contributed by atoms with Crippen LogP contribution in [-0.4, -0.2) is 57.5 Å². The van der Waals surface area contributed by atoms with Crippen molar-refractivity contribution < 1.29 is 14.3 Å². The van der Waals surface area contributed by atoms with Gasteiger partial charge in [0.2, 0.25) is 0 Å². The highest BCUT2D eigenvalue weighted by Gasteiger charge is 2.35. The number of nitrogens with zero attached hydrogens (tertiary/aromatic N) is 1. The number of carbonyl (C=O) groups excluding carboxylic acids is 1. The quantitative estimate of drug-likeness (QED) is 0.255. The third kappa shape index (κ3) is 11.3. The number of carbonyl (C=O) groups is 1. The summed E-state index contributed by atoms with van der Waals surface area (Å²) in [4.78, 5) is 16.1. The van der Waals surface area contributed by atoms with E-state index in [2.05, 4.69) is 55.6 Å². The molecule has 1 saturated heterocycles. The van der Waals surface area contributed by atoms with Crippen LogP contribution in [0.5, 0.6) is 0 Å². The first-order chi connectivity index (χ1) is 13.2. The van der Waals surface area contributed by atoms with Gasteiger partial charge in [-0.1, -0.05) is 34.6 Å². The van der Waals surface area contributed by atoms with E-state index in [1.54, 1.807) is 14.0 Å². The topological polar surface area (TPSA) is 84.0 Å². The highest BCUT2D eigenvalue weighted by molar-refractivity contribution is 14.0. The largest absolute Gasteiger partial charge is 0.450 e. The number of aliphatic imine (C=N–C) groups is 1. The number of ether oxygens (including phenoxy) is 2. The van der Waals surface area contributed by atoms with Gasteiger partial charge in [0.25, 0.3) is 0 Å². The van der Waals surface area contributed by atoms with Crippen molar-refractivity contribution in [1.82, 2.24) is 16.0 Å². The molecule has 0 radical (unpaired) electrons. The molecule has 3 N–H and O–H groups in total. The first-order valence-corrected chi connectivity index (χ1v) is 10.7. The summed E-state index contributed by atoms with van der Waals surface area (Å²) in [7, 11) is 1.77. The van der Waals surface area contributed by atoms with E-state index in [1.807, 2.05) is 0 Å². The second-order valence-electron chi connectivity index (χ2n) is 9.09. The molecule has 0 aromatic rings. The fraction of sp³-hybridized carbons (Fsp3) is 0.905. The monoisotopic (exact) mass is 526 g/mol. The molecule has 3 unspecified atom stereocenters. The fourth-order valence-corrected chi connectivity index (χ4v) is 3.78. The standard InChI is InChI=1S/C21H42N4O3.HI/c1-8-27-20(26)25-17(12-15(2)3)14-24-19(22-7)23-13-16-10-9-11-28-18(16)21(4,5)6;/h15-18H,8-14H2,1-7H3,(H,25,26)(H2,22,23,24);1H. The summed E-state index contributed by atoms with van der Waals surface area (Å²) in [6, 6.07) is -0.0158. The molecule has 1 heterocycles. The van der Waals surface area contributed by atoms with Crippen LogP contribution in [0.15, 0.2) is 4.99 Å². The number of rotatable bonds is 8. The van der Waals surface area contributed by atoms with E-state index in [-0.39, 0.29) is 47.6 Å². The Bertz CT molecular complexity index is 495. The number of guanidine groups is 1. The molecule has 172 valence electrons. The lowest BCUT2D eigenvalue weighted by molar-refractivity contribution is -0.0835. The van der Waals surface area contributed by atoms with Gasteiger partial charge in [0, 0.05) is 38.7 Å². The molecule has 1 fully saturated rings. The lowest BCUT2D eigenvalue weighted by atomic mass is 9.78. The van der Waals surface area contributed by atoms with Crippen molar-refractivity contribution in [2.45, 2.75) is 73.0 Å². The third-order valence-electron chi connectivity index (χ3n) is 4.92. The van der Waals surface area contributed by atoms with Crippen molar-refractivity contribution in [2.24, 2.45) is 22.2 Å². The molecule has 8 heteroatoms. The maximum atomic E-state index is 11.8. The fourth-order valence-electron chi connectivity index (χ4n) is 3.78. The van der Waals surface area contributed by atoms with Crippen LogP contribution in [0, 0.1) is 17.3 Å². The van der Waals surface area contributed by atoms with Crippen molar-refractivity contribution in [3.8, 4) is 0 Å². The molecule has 1 amide bonds. The van der Waals surface area contributed by atoms with E-state index in [0.717, 1.165) is 38.4 Å². The Morgan fingerprint density at radius 3 is 2.52 bits per heavy atom. The number of halogens is 1. The van der Waals surface area contributed by atoms with Crippen LogP contribution in [0.25, 0.3) is 0 Å². The molecule has 7 nitrogen and oxygen atoms in total. The molecule has 0 spiro atoms. The predicted molar refractivity (Wildman–Crippen MR) is 130 cm³/mol. The summed E-state index contributed by atoms with van der Waals surface area (Å²) in [5.41, 5.74) is 0.121. The minimum atomic E-state index is -0.370. The second kappa shape index (κ2) is 14.3. The Kier molecular flexibility index (Phi) is 13.9. The maximum Gasteiger partial charge on any atom is 0.407 e. The number of hydrogen-bond acceptors (Lipinski definition) is 4. The third-order valence-corrected chi connectivity index (χ3v) is 4.92. The van der Waals surface area contributed by atoms with Crippen LogP contribution in [0.3, 0.4) is 0 Å².